The summed E-state index contributed by atoms with van der Waals surface area (Å²) < 4.78 is 3.11. The molecule has 3 rings (SSSR count). The quantitative estimate of drug-likeness (QED) is 0.792. The predicted molar refractivity (Wildman–Crippen MR) is 78.3 cm³/mol. The van der Waals surface area contributed by atoms with Crippen LogP contribution in [0.4, 0.5) is 0 Å². The van der Waals surface area contributed by atoms with Gasteiger partial charge in [-0.2, -0.15) is 0 Å². The molecule has 1 aliphatic rings. The van der Waals surface area contributed by atoms with Crippen LogP contribution in [0.2, 0.25) is 0 Å². The van der Waals surface area contributed by atoms with Crippen molar-refractivity contribution in [1.82, 2.24) is 9.55 Å². The molecule has 2 nitrogen and oxygen atoms in total. The Balaban J connectivity index is 1.70. The number of H-pyrrole nitrogens is 1. The zero-order chi connectivity index (χ0) is 12.4. The first-order valence-corrected chi connectivity index (χ1v) is 7.43. The number of hydrogen-bond donors (Lipinski definition) is 1. The van der Waals surface area contributed by atoms with Gasteiger partial charge in [-0.1, -0.05) is 37.8 Å². The Morgan fingerprint density at radius 3 is 2.83 bits per heavy atom. The van der Waals surface area contributed by atoms with Crippen LogP contribution >= 0.6 is 12.2 Å². The van der Waals surface area contributed by atoms with Crippen LogP contribution in [0.3, 0.4) is 0 Å². The van der Waals surface area contributed by atoms with Gasteiger partial charge >= 0.3 is 0 Å². The lowest BCUT2D eigenvalue weighted by Crippen LogP contribution is -2.01. The Kier molecular flexibility index (Phi) is 3.50. The second kappa shape index (κ2) is 5.27. The number of para-hydroxylation sites is 2. The molecule has 0 atom stereocenters. The topological polar surface area (TPSA) is 20.7 Å². The summed E-state index contributed by atoms with van der Waals surface area (Å²) in [5.74, 6) is 0.976. The SMILES string of the molecule is S=c1[nH]c2ccccc2n1CCCC1CCCC1. The first-order chi connectivity index (χ1) is 8.84. The summed E-state index contributed by atoms with van der Waals surface area (Å²) in [6.45, 7) is 1.05. The fraction of sp³-hybridized carbons (Fsp3) is 0.533. The zero-order valence-corrected chi connectivity index (χ0v) is 11.5. The Labute approximate surface area is 113 Å². The fourth-order valence-corrected chi connectivity index (χ4v) is 3.47. The molecule has 0 unspecified atom stereocenters. The first kappa shape index (κ1) is 12.0. The molecule has 0 radical (unpaired) electrons. The van der Waals surface area contributed by atoms with Crippen molar-refractivity contribution in [3.63, 3.8) is 0 Å². The van der Waals surface area contributed by atoms with Crippen LogP contribution in [0.15, 0.2) is 24.3 Å². The van der Waals surface area contributed by atoms with Crippen molar-refractivity contribution in [3.8, 4) is 0 Å². The molecule has 2 aromatic rings. The van der Waals surface area contributed by atoms with Crippen LogP contribution in [-0.4, -0.2) is 9.55 Å². The second-order valence-corrected chi connectivity index (χ2v) is 5.78. The predicted octanol–water partition coefficient (Wildman–Crippen LogP) is 4.67. The summed E-state index contributed by atoms with van der Waals surface area (Å²) in [5, 5.41) is 0. The number of fused-ring (bicyclic) bond motifs is 1. The molecule has 1 saturated carbocycles. The molecule has 18 heavy (non-hydrogen) atoms. The summed E-state index contributed by atoms with van der Waals surface area (Å²) in [4.78, 5) is 3.28. The van der Waals surface area contributed by atoms with Crippen LogP contribution in [0.25, 0.3) is 11.0 Å². The molecule has 0 amide bonds. The first-order valence-electron chi connectivity index (χ1n) is 7.02. The number of hydrogen-bond acceptors (Lipinski definition) is 1. The van der Waals surface area contributed by atoms with E-state index >= 15 is 0 Å². The summed E-state index contributed by atoms with van der Waals surface area (Å²) in [6, 6.07) is 8.38. The number of rotatable bonds is 4. The van der Waals surface area contributed by atoms with Crippen molar-refractivity contribution >= 4 is 23.3 Å². The van der Waals surface area contributed by atoms with E-state index in [0.29, 0.717) is 0 Å². The molecule has 0 spiro atoms. The van der Waals surface area contributed by atoms with Gasteiger partial charge in [0.05, 0.1) is 11.0 Å². The van der Waals surface area contributed by atoms with Gasteiger partial charge in [-0.15, -0.1) is 0 Å². The number of benzene rings is 1. The van der Waals surface area contributed by atoms with Crippen LogP contribution in [-0.2, 0) is 6.54 Å². The molecule has 1 N–H and O–H groups in total. The van der Waals surface area contributed by atoms with Gasteiger partial charge in [-0.3, -0.25) is 0 Å². The molecular formula is C15H20N2S. The minimum atomic E-state index is 0.864. The molecule has 1 heterocycles. The molecular weight excluding hydrogens is 240 g/mol. The standard InChI is InChI=1S/C15H20N2S/c18-15-16-13-9-3-4-10-14(13)17(15)11-5-8-12-6-1-2-7-12/h3-4,9-10,12H,1-2,5-8,11H2,(H,16,18). The highest BCUT2D eigenvalue weighted by molar-refractivity contribution is 7.71. The average Bonchev–Trinajstić information content (AvgIpc) is 2.98. The molecule has 1 fully saturated rings. The van der Waals surface area contributed by atoms with Crippen LogP contribution in [0.5, 0.6) is 0 Å². The molecule has 0 aliphatic heterocycles. The number of nitrogens with one attached hydrogen (secondary N) is 1. The summed E-state index contributed by atoms with van der Waals surface area (Å²) >= 11 is 5.41. The van der Waals surface area contributed by atoms with E-state index in [1.165, 1.54) is 44.0 Å². The average molecular weight is 260 g/mol. The lowest BCUT2D eigenvalue weighted by atomic mass is 10.0. The highest BCUT2D eigenvalue weighted by atomic mass is 32.1. The molecule has 1 aliphatic carbocycles. The van der Waals surface area contributed by atoms with Crippen molar-refractivity contribution in [2.75, 3.05) is 0 Å². The third kappa shape index (κ3) is 2.37. The van der Waals surface area contributed by atoms with E-state index in [9.17, 15) is 0 Å². The summed E-state index contributed by atoms with van der Waals surface area (Å²) in [6.07, 6.45) is 8.38. The van der Waals surface area contributed by atoms with Gasteiger partial charge in [-0.05, 0) is 43.1 Å². The Bertz CT molecular complexity index is 575. The summed E-state index contributed by atoms with van der Waals surface area (Å²) in [5.41, 5.74) is 2.40. The van der Waals surface area contributed by atoms with E-state index in [4.69, 9.17) is 12.2 Å². The van der Waals surface area contributed by atoms with Gasteiger partial charge in [0.1, 0.15) is 0 Å². The maximum Gasteiger partial charge on any atom is 0.178 e. The van der Waals surface area contributed by atoms with Crippen LogP contribution < -0.4 is 0 Å². The molecule has 0 bridgehead atoms. The van der Waals surface area contributed by atoms with E-state index in [1.54, 1.807) is 0 Å². The van der Waals surface area contributed by atoms with E-state index in [2.05, 4.69) is 33.8 Å². The number of aromatic amines is 1. The Hall–Kier alpha value is -1.09. The van der Waals surface area contributed by atoms with Gasteiger partial charge in [0.15, 0.2) is 4.77 Å². The number of nitrogens with zero attached hydrogens (tertiary/aromatic N) is 1. The van der Waals surface area contributed by atoms with E-state index in [0.717, 1.165) is 22.8 Å². The second-order valence-electron chi connectivity index (χ2n) is 5.39. The van der Waals surface area contributed by atoms with Gasteiger partial charge in [-0.25, -0.2) is 0 Å². The molecule has 0 saturated heterocycles. The van der Waals surface area contributed by atoms with Crippen molar-refractivity contribution in [2.24, 2.45) is 5.92 Å². The van der Waals surface area contributed by atoms with Crippen LogP contribution in [0.1, 0.15) is 38.5 Å². The third-order valence-electron chi connectivity index (χ3n) is 4.15. The molecule has 96 valence electrons. The lowest BCUT2D eigenvalue weighted by Gasteiger charge is -2.09. The number of aryl methyl sites for hydroxylation is 1. The highest BCUT2D eigenvalue weighted by Crippen LogP contribution is 2.28. The third-order valence-corrected chi connectivity index (χ3v) is 4.47. The van der Waals surface area contributed by atoms with Gasteiger partial charge in [0, 0.05) is 6.54 Å². The minimum Gasteiger partial charge on any atom is -0.331 e. The smallest absolute Gasteiger partial charge is 0.178 e. The monoisotopic (exact) mass is 260 g/mol. The van der Waals surface area contributed by atoms with Gasteiger partial charge in [0.25, 0.3) is 0 Å². The fourth-order valence-electron chi connectivity index (χ4n) is 3.17. The maximum atomic E-state index is 5.41. The molecule has 3 heteroatoms. The Morgan fingerprint density at radius 2 is 2.00 bits per heavy atom. The normalized spacial score (nSPS) is 16.7. The lowest BCUT2D eigenvalue weighted by molar-refractivity contribution is 0.460. The van der Waals surface area contributed by atoms with Crippen LogP contribution in [0, 0.1) is 10.7 Å². The van der Waals surface area contributed by atoms with Gasteiger partial charge < -0.3 is 9.55 Å². The van der Waals surface area contributed by atoms with E-state index < -0.39 is 0 Å². The van der Waals surface area contributed by atoms with Crippen molar-refractivity contribution in [3.05, 3.63) is 29.0 Å². The van der Waals surface area contributed by atoms with E-state index in [1.807, 2.05) is 0 Å². The minimum absolute atomic E-state index is 0.864. The Morgan fingerprint density at radius 1 is 1.22 bits per heavy atom. The largest absolute Gasteiger partial charge is 0.331 e. The number of imidazole rings is 1. The summed E-state index contributed by atoms with van der Waals surface area (Å²) in [7, 11) is 0. The number of aromatic nitrogens is 2. The van der Waals surface area contributed by atoms with E-state index in [-0.39, 0.29) is 0 Å². The van der Waals surface area contributed by atoms with Crippen molar-refractivity contribution < 1.29 is 0 Å². The maximum absolute atomic E-state index is 5.41. The van der Waals surface area contributed by atoms with Crippen molar-refractivity contribution in [2.45, 2.75) is 45.1 Å². The van der Waals surface area contributed by atoms with Crippen molar-refractivity contribution in [1.29, 1.82) is 0 Å². The highest BCUT2D eigenvalue weighted by Gasteiger charge is 2.14. The van der Waals surface area contributed by atoms with Gasteiger partial charge in [0.2, 0.25) is 0 Å². The zero-order valence-electron chi connectivity index (χ0n) is 10.7. The molecule has 1 aromatic heterocycles. The molecule has 1 aromatic carbocycles.